The molecule has 4 rings (SSSR count). The van der Waals surface area contributed by atoms with Crippen molar-refractivity contribution < 1.29 is 4.79 Å². The Balaban J connectivity index is 1.84. The number of amides is 1. The van der Waals surface area contributed by atoms with Crippen molar-refractivity contribution in [3.05, 3.63) is 70.1 Å². The van der Waals surface area contributed by atoms with Gasteiger partial charge in [0, 0.05) is 17.6 Å². The highest BCUT2D eigenvalue weighted by Gasteiger charge is 2.24. The van der Waals surface area contributed by atoms with Crippen molar-refractivity contribution in [2.24, 2.45) is 0 Å². The zero-order chi connectivity index (χ0) is 17.2. The van der Waals surface area contributed by atoms with Crippen LogP contribution in [-0.2, 0) is 6.42 Å². The van der Waals surface area contributed by atoms with E-state index in [0.717, 1.165) is 31.4 Å². The Labute approximate surface area is 145 Å². The number of carbonyl (C=O) groups is 1. The number of aryl methyl sites for hydroxylation is 1. The Bertz CT molecular complexity index is 993. The minimum absolute atomic E-state index is 0.165. The highest BCUT2D eigenvalue weighted by Crippen LogP contribution is 2.27. The minimum Gasteiger partial charge on any atom is -0.307 e. The maximum atomic E-state index is 13.3. The van der Waals surface area contributed by atoms with Crippen LogP contribution in [0, 0.1) is 0 Å². The summed E-state index contributed by atoms with van der Waals surface area (Å²) in [6, 6.07) is 15.1. The summed E-state index contributed by atoms with van der Waals surface area (Å²) in [5, 5.41) is 7.62. The van der Waals surface area contributed by atoms with Crippen LogP contribution in [-0.4, -0.2) is 22.6 Å². The van der Waals surface area contributed by atoms with Crippen LogP contribution in [0.15, 0.2) is 53.3 Å². The van der Waals surface area contributed by atoms with Crippen LogP contribution in [0.25, 0.3) is 10.8 Å². The van der Waals surface area contributed by atoms with Gasteiger partial charge in [0.15, 0.2) is 5.69 Å². The molecule has 1 N–H and O–H groups in total. The maximum Gasteiger partial charge on any atom is 0.279 e. The molecule has 0 unspecified atom stereocenters. The predicted molar refractivity (Wildman–Crippen MR) is 98.0 cm³/mol. The van der Waals surface area contributed by atoms with Crippen molar-refractivity contribution >= 4 is 22.4 Å². The van der Waals surface area contributed by atoms with E-state index in [1.54, 1.807) is 18.2 Å². The van der Waals surface area contributed by atoms with E-state index in [-0.39, 0.29) is 11.5 Å². The molecule has 0 saturated heterocycles. The fraction of sp³-hybridized carbons (Fsp3) is 0.250. The van der Waals surface area contributed by atoms with Gasteiger partial charge in [0.1, 0.15) is 0 Å². The number of anilines is 1. The lowest BCUT2D eigenvalue weighted by atomic mass is 10.0. The van der Waals surface area contributed by atoms with Gasteiger partial charge >= 0.3 is 0 Å². The monoisotopic (exact) mass is 333 g/mol. The van der Waals surface area contributed by atoms with Crippen molar-refractivity contribution in [3.8, 4) is 0 Å². The van der Waals surface area contributed by atoms with Crippen LogP contribution in [0.5, 0.6) is 0 Å². The topological polar surface area (TPSA) is 66.1 Å². The lowest BCUT2D eigenvalue weighted by Crippen LogP contribution is -2.35. The second-order valence-electron chi connectivity index (χ2n) is 6.34. The van der Waals surface area contributed by atoms with Gasteiger partial charge < -0.3 is 4.90 Å². The molecule has 1 aliphatic rings. The first-order chi connectivity index (χ1) is 12.3. The Morgan fingerprint density at radius 1 is 0.960 bits per heavy atom. The Morgan fingerprint density at radius 2 is 1.72 bits per heavy atom. The fourth-order valence-corrected chi connectivity index (χ4v) is 3.48. The molecule has 3 aromatic rings. The van der Waals surface area contributed by atoms with Crippen molar-refractivity contribution in [1.29, 1.82) is 0 Å². The summed E-state index contributed by atoms with van der Waals surface area (Å²) in [5.41, 5.74) is 2.15. The molecule has 5 heteroatoms. The first kappa shape index (κ1) is 15.6. The highest BCUT2D eigenvalue weighted by molar-refractivity contribution is 6.12. The molecule has 0 saturated carbocycles. The molecular weight excluding hydrogens is 314 g/mol. The van der Waals surface area contributed by atoms with Crippen molar-refractivity contribution in [2.45, 2.75) is 25.7 Å². The minimum atomic E-state index is -0.278. The van der Waals surface area contributed by atoms with Crippen LogP contribution in [0.1, 0.15) is 35.3 Å². The highest BCUT2D eigenvalue weighted by atomic mass is 16.2. The third-order valence-corrected chi connectivity index (χ3v) is 4.75. The van der Waals surface area contributed by atoms with E-state index in [0.29, 0.717) is 23.0 Å². The van der Waals surface area contributed by atoms with Gasteiger partial charge in [0.25, 0.3) is 11.5 Å². The molecular formula is C20H19N3O2. The number of nitrogens with zero attached hydrogens (tertiary/aromatic N) is 2. The lowest BCUT2D eigenvalue weighted by molar-refractivity contribution is 0.0982. The SMILES string of the molecule is O=C(c1n[nH]c(=O)c2ccccc12)N1CCCCCc2ccccc21. The molecule has 2 aromatic carbocycles. The molecule has 0 fully saturated rings. The number of benzene rings is 2. The summed E-state index contributed by atoms with van der Waals surface area (Å²) in [6.45, 7) is 0.658. The van der Waals surface area contributed by atoms with Crippen LogP contribution < -0.4 is 10.5 Å². The molecule has 25 heavy (non-hydrogen) atoms. The predicted octanol–water partition coefficient (Wildman–Crippen LogP) is 3.30. The fourth-order valence-electron chi connectivity index (χ4n) is 3.48. The summed E-state index contributed by atoms with van der Waals surface area (Å²) in [7, 11) is 0. The van der Waals surface area contributed by atoms with E-state index in [2.05, 4.69) is 16.3 Å². The summed E-state index contributed by atoms with van der Waals surface area (Å²) < 4.78 is 0. The number of nitrogens with one attached hydrogen (secondary N) is 1. The lowest BCUT2D eigenvalue weighted by Gasteiger charge is -2.27. The zero-order valence-electron chi connectivity index (χ0n) is 13.9. The Morgan fingerprint density at radius 3 is 2.60 bits per heavy atom. The number of aromatic amines is 1. The third-order valence-electron chi connectivity index (χ3n) is 4.75. The van der Waals surface area contributed by atoms with Crippen LogP contribution in [0.2, 0.25) is 0 Å². The summed E-state index contributed by atoms with van der Waals surface area (Å²) in [5.74, 6) is -0.165. The van der Waals surface area contributed by atoms with Gasteiger partial charge in [-0.1, -0.05) is 42.8 Å². The number of fused-ring (bicyclic) bond motifs is 2. The third kappa shape index (κ3) is 2.82. The van der Waals surface area contributed by atoms with Crippen LogP contribution in [0.3, 0.4) is 0 Å². The molecule has 0 atom stereocenters. The molecule has 0 bridgehead atoms. The quantitative estimate of drug-likeness (QED) is 0.743. The molecule has 2 heterocycles. The van der Waals surface area contributed by atoms with Gasteiger partial charge in [-0.2, -0.15) is 5.10 Å². The Kier molecular flexibility index (Phi) is 4.06. The molecule has 0 spiro atoms. The van der Waals surface area contributed by atoms with Crippen molar-refractivity contribution in [1.82, 2.24) is 10.2 Å². The second-order valence-corrected chi connectivity index (χ2v) is 6.34. The van der Waals surface area contributed by atoms with Gasteiger partial charge in [-0.3, -0.25) is 9.59 Å². The molecule has 5 nitrogen and oxygen atoms in total. The average molecular weight is 333 g/mol. The standard InChI is InChI=1S/C20H19N3O2/c24-19-16-11-5-4-10-15(16)18(21-22-19)20(25)23-13-7-1-2-8-14-9-3-6-12-17(14)23/h3-6,9-12H,1-2,7-8,13H2,(H,22,24). The summed E-state index contributed by atoms with van der Waals surface area (Å²) in [4.78, 5) is 27.1. The van der Waals surface area contributed by atoms with E-state index < -0.39 is 0 Å². The van der Waals surface area contributed by atoms with E-state index in [4.69, 9.17) is 0 Å². The summed E-state index contributed by atoms with van der Waals surface area (Å²) in [6.07, 6.45) is 4.16. The van der Waals surface area contributed by atoms with Crippen LogP contribution in [0.4, 0.5) is 5.69 Å². The number of H-pyrrole nitrogens is 1. The number of hydrogen-bond donors (Lipinski definition) is 1. The molecule has 0 aliphatic carbocycles. The smallest absolute Gasteiger partial charge is 0.279 e. The number of carbonyl (C=O) groups excluding carboxylic acids is 1. The largest absolute Gasteiger partial charge is 0.307 e. The molecule has 126 valence electrons. The van der Waals surface area contributed by atoms with Gasteiger partial charge in [0.2, 0.25) is 0 Å². The number of aromatic nitrogens is 2. The van der Waals surface area contributed by atoms with Crippen LogP contribution >= 0.6 is 0 Å². The zero-order valence-corrected chi connectivity index (χ0v) is 13.9. The van der Waals surface area contributed by atoms with E-state index in [9.17, 15) is 9.59 Å². The van der Waals surface area contributed by atoms with Crippen molar-refractivity contribution in [2.75, 3.05) is 11.4 Å². The molecule has 1 aromatic heterocycles. The van der Waals surface area contributed by atoms with Gasteiger partial charge in [-0.15, -0.1) is 0 Å². The normalized spacial score (nSPS) is 14.6. The molecule has 1 aliphatic heterocycles. The second kappa shape index (κ2) is 6.51. The van der Waals surface area contributed by atoms with Gasteiger partial charge in [-0.05, 0) is 37.0 Å². The average Bonchev–Trinajstić information content (AvgIpc) is 2.63. The van der Waals surface area contributed by atoms with Crippen molar-refractivity contribution in [3.63, 3.8) is 0 Å². The van der Waals surface area contributed by atoms with E-state index in [1.165, 1.54) is 5.56 Å². The number of hydrogen-bond acceptors (Lipinski definition) is 3. The van der Waals surface area contributed by atoms with E-state index >= 15 is 0 Å². The molecule has 0 radical (unpaired) electrons. The van der Waals surface area contributed by atoms with Gasteiger partial charge in [-0.25, -0.2) is 5.10 Å². The first-order valence-electron chi connectivity index (χ1n) is 8.63. The summed E-state index contributed by atoms with van der Waals surface area (Å²) >= 11 is 0. The first-order valence-corrected chi connectivity index (χ1v) is 8.63. The Hall–Kier alpha value is -2.95. The molecule has 1 amide bonds. The van der Waals surface area contributed by atoms with Gasteiger partial charge in [0.05, 0.1) is 5.39 Å². The number of rotatable bonds is 1. The van der Waals surface area contributed by atoms with E-state index in [1.807, 2.05) is 29.2 Å². The maximum absolute atomic E-state index is 13.3. The number of para-hydroxylation sites is 1.